The first-order valence-corrected chi connectivity index (χ1v) is 23.1. The Morgan fingerprint density at radius 2 is 1.79 bits per heavy atom. The van der Waals surface area contributed by atoms with Crippen LogP contribution in [0, 0.1) is 0 Å². The van der Waals surface area contributed by atoms with Crippen molar-refractivity contribution in [1.82, 2.24) is 25.9 Å². The molecule has 0 spiro atoms. The Morgan fingerprint density at radius 3 is 2.40 bits per heavy atom. The number of hydrogen-bond donors (Lipinski definition) is 6. The molecular weight excluding hydrogens is 783 g/mol. The summed E-state index contributed by atoms with van der Waals surface area (Å²) in [4.78, 5) is 61.8. The van der Waals surface area contributed by atoms with Crippen LogP contribution in [-0.4, -0.2) is 108 Å². The number of nitrogens with two attached hydrogens (primary N) is 1. The Bertz CT molecular complexity index is 1910. The molecule has 2 aromatic carbocycles. The van der Waals surface area contributed by atoms with E-state index in [1.165, 1.54) is 24.3 Å². The first kappa shape index (κ1) is 44.2. The summed E-state index contributed by atoms with van der Waals surface area (Å²) in [6.45, 7) is 9.50. The minimum absolute atomic E-state index is 0.0271. The van der Waals surface area contributed by atoms with Crippen molar-refractivity contribution in [3.05, 3.63) is 88.3 Å². The molecule has 7 N–H and O–H groups in total. The minimum Gasteiger partial charge on any atom is -0.449 e. The van der Waals surface area contributed by atoms with E-state index >= 15 is 0 Å². The van der Waals surface area contributed by atoms with Gasteiger partial charge in [-0.2, -0.15) is 0 Å². The van der Waals surface area contributed by atoms with Gasteiger partial charge in [0.25, 0.3) is 0 Å². The first-order chi connectivity index (χ1) is 27.6. The van der Waals surface area contributed by atoms with Crippen LogP contribution in [0.25, 0.3) is 21.6 Å². The normalized spacial score (nSPS) is 20.8. The number of nitrogens with zero attached hydrogens (tertiary/aromatic N) is 4. The molecule has 17 nitrogen and oxygen atoms in total. The third-order valence-corrected chi connectivity index (χ3v) is 16.5. The molecule has 3 aromatic rings. The summed E-state index contributed by atoms with van der Waals surface area (Å²) in [6.07, 6.45) is -0.445. The Morgan fingerprint density at radius 1 is 1.12 bits per heavy atom. The molecule has 2 aliphatic rings. The highest BCUT2D eigenvalue weighted by Crippen LogP contribution is 2.45. The SMILES string of the molecule is CC(C)(C)[Si](C)(C)O[C@H]1[C@@H](O)[C@@H](CN=[N+]=[N-])O[C@H](SCCCC(N)=O)[C@@H]1NC(=O)CNC(=O)[C@H](Cc1cnc[nH]1)NC(=O)OCC1c2ccccc2-c2ccccc21. The number of amides is 4. The number of aromatic nitrogens is 2. The lowest BCUT2D eigenvalue weighted by molar-refractivity contribution is -0.156. The Balaban J connectivity index is 1.28. The fourth-order valence-corrected chi connectivity index (χ4v) is 9.23. The molecule has 4 amide bonds. The zero-order chi connectivity index (χ0) is 42.0. The Labute approximate surface area is 342 Å². The van der Waals surface area contributed by atoms with Gasteiger partial charge in [0.05, 0.1) is 37.7 Å². The van der Waals surface area contributed by atoms with Crippen molar-refractivity contribution in [3.8, 4) is 11.1 Å². The second-order valence-electron chi connectivity index (χ2n) is 15.8. The van der Waals surface area contributed by atoms with E-state index in [9.17, 15) is 24.3 Å². The topological polar surface area (TPSA) is 256 Å². The smallest absolute Gasteiger partial charge is 0.407 e. The number of imidazole rings is 1. The monoisotopic (exact) mass is 835 g/mol. The van der Waals surface area contributed by atoms with Gasteiger partial charge in [0.1, 0.15) is 24.2 Å². The highest BCUT2D eigenvalue weighted by molar-refractivity contribution is 7.99. The van der Waals surface area contributed by atoms with Crippen LogP contribution in [-0.2, 0) is 34.7 Å². The molecule has 0 radical (unpaired) electrons. The molecule has 0 unspecified atom stereocenters. The third-order valence-electron chi connectivity index (χ3n) is 10.8. The summed E-state index contributed by atoms with van der Waals surface area (Å²) < 4.78 is 18.7. The van der Waals surface area contributed by atoms with Gasteiger partial charge in [-0.05, 0) is 58.1 Å². The average Bonchev–Trinajstić information content (AvgIpc) is 3.81. The van der Waals surface area contributed by atoms with Gasteiger partial charge in [-0.25, -0.2) is 9.78 Å². The van der Waals surface area contributed by atoms with Gasteiger partial charge in [0, 0.05) is 35.6 Å². The summed E-state index contributed by atoms with van der Waals surface area (Å²) in [5.74, 6) is -1.49. The highest BCUT2D eigenvalue weighted by Gasteiger charge is 2.50. The maximum absolute atomic E-state index is 13.7. The summed E-state index contributed by atoms with van der Waals surface area (Å²) in [7, 11) is -2.59. The van der Waals surface area contributed by atoms with Crippen LogP contribution in [0.1, 0.15) is 56.4 Å². The van der Waals surface area contributed by atoms with Crippen molar-refractivity contribution >= 4 is 43.9 Å². The number of thioether (sulfide) groups is 1. The van der Waals surface area contributed by atoms with Gasteiger partial charge in [-0.15, -0.1) is 11.8 Å². The van der Waals surface area contributed by atoms with Crippen molar-refractivity contribution in [3.63, 3.8) is 0 Å². The predicted octanol–water partition coefficient (Wildman–Crippen LogP) is 4.25. The van der Waals surface area contributed by atoms with Crippen molar-refractivity contribution in [2.75, 3.05) is 25.4 Å². The number of aromatic amines is 1. The highest BCUT2D eigenvalue weighted by atomic mass is 32.2. The van der Waals surface area contributed by atoms with E-state index in [4.69, 9.17) is 25.2 Å². The molecule has 0 saturated carbocycles. The number of azide groups is 1. The number of hydrogen-bond acceptors (Lipinski definition) is 11. The van der Waals surface area contributed by atoms with Crippen LogP contribution < -0.4 is 21.7 Å². The lowest BCUT2D eigenvalue weighted by Gasteiger charge is -2.49. The van der Waals surface area contributed by atoms with Crippen LogP contribution in [0.5, 0.6) is 0 Å². The fourth-order valence-electron chi connectivity index (χ4n) is 6.72. The van der Waals surface area contributed by atoms with E-state index in [-0.39, 0.29) is 36.9 Å². The van der Waals surface area contributed by atoms with Gasteiger partial charge in [-0.1, -0.05) is 74.4 Å². The van der Waals surface area contributed by atoms with Gasteiger partial charge < -0.3 is 45.7 Å². The maximum atomic E-state index is 13.7. The van der Waals surface area contributed by atoms with Gasteiger partial charge in [0.15, 0.2) is 8.32 Å². The van der Waals surface area contributed by atoms with Crippen molar-refractivity contribution in [1.29, 1.82) is 0 Å². The van der Waals surface area contributed by atoms with Crippen LogP contribution in [0.15, 0.2) is 66.2 Å². The van der Waals surface area contributed by atoms with Crippen molar-refractivity contribution < 1.29 is 38.2 Å². The second kappa shape index (κ2) is 19.7. The zero-order valence-electron chi connectivity index (χ0n) is 33.3. The molecule has 2 heterocycles. The Kier molecular flexibility index (Phi) is 15.0. The number of alkyl carbamates (subject to hydrolysis) is 1. The molecule has 1 aromatic heterocycles. The minimum atomic E-state index is -2.59. The molecule has 1 aliphatic carbocycles. The summed E-state index contributed by atoms with van der Waals surface area (Å²) in [5, 5.41) is 23.1. The maximum Gasteiger partial charge on any atom is 0.407 e. The number of primary amides is 1. The third kappa shape index (κ3) is 11.2. The molecular formula is C39H53N9O8SSi. The van der Waals surface area contributed by atoms with E-state index in [2.05, 4.69) is 35.9 Å². The molecule has 1 fully saturated rings. The molecule has 0 bridgehead atoms. The number of carbonyl (C=O) groups is 4. The molecule has 19 heteroatoms. The molecule has 6 atom stereocenters. The number of nitrogens with one attached hydrogen (secondary N) is 4. The van der Waals surface area contributed by atoms with Crippen molar-refractivity contribution in [2.45, 2.75) is 99.9 Å². The lowest BCUT2D eigenvalue weighted by atomic mass is 9.97. The number of ether oxygens (including phenoxy) is 2. The average molecular weight is 836 g/mol. The summed E-state index contributed by atoms with van der Waals surface area (Å²) >= 11 is 1.30. The van der Waals surface area contributed by atoms with E-state index in [0.29, 0.717) is 17.9 Å². The molecule has 58 heavy (non-hydrogen) atoms. The van der Waals surface area contributed by atoms with Crippen LogP contribution in [0.3, 0.4) is 0 Å². The van der Waals surface area contributed by atoms with Crippen molar-refractivity contribution in [2.24, 2.45) is 10.8 Å². The molecule has 5 rings (SSSR count). The number of rotatable bonds is 18. The zero-order valence-corrected chi connectivity index (χ0v) is 35.2. The molecule has 312 valence electrons. The molecule has 1 aliphatic heterocycles. The largest absolute Gasteiger partial charge is 0.449 e. The van der Waals surface area contributed by atoms with Crippen LogP contribution in [0.4, 0.5) is 4.79 Å². The number of carbonyl (C=O) groups excluding carboxylic acids is 4. The quantitative estimate of drug-likeness (QED) is 0.0349. The van der Waals surface area contributed by atoms with Gasteiger partial charge in [-0.3, -0.25) is 14.4 Å². The number of H-pyrrole nitrogens is 1. The summed E-state index contributed by atoms with van der Waals surface area (Å²) in [6, 6.07) is 13.8. The van der Waals surface area contributed by atoms with E-state index in [0.717, 1.165) is 22.3 Å². The standard InChI is InChI=1S/C39H53N9O8SSi/c1-39(2,3)58(4,5)56-35-33(37(57-16-10-15-31(40)49)55-30(34(35)51)19-45-48-41)47-32(50)20-43-36(52)29(17-23-18-42-22-44-23)46-38(53)54-21-28-26-13-8-6-11-24(26)25-12-7-9-14-27(25)28/h6-9,11-14,18,22,28-30,33-35,37,51H,10,15-17,19-21H2,1-5H3,(H2,40,49)(H,42,44)(H,43,52)(H,46,53)(H,47,50)/t29-,30+,33+,34-,35+,37+/m0/s1. The lowest BCUT2D eigenvalue weighted by Crippen LogP contribution is -2.67. The Hall–Kier alpha value is -4.91. The predicted molar refractivity (Wildman–Crippen MR) is 221 cm³/mol. The number of fused-ring (bicyclic) bond motifs is 3. The van der Waals surface area contributed by atoms with Crippen LogP contribution in [0.2, 0.25) is 18.1 Å². The van der Waals surface area contributed by atoms with E-state index in [1.807, 2.05) is 82.4 Å². The number of benzene rings is 2. The second-order valence-corrected chi connectivity index (χ2v) is 21.8. The van der Waals surface area contributed by atoms with Gasteiger partial charge >= 0.3 is 6.09 Å². The first-order valence-electron chi connectivity index (χ1n) is 19.2. The van der Waals surface area contributed by atoms with Gasteiger partial charge in [0.2, 0.25) is 17.7 Å². The summed E-state index contributed by atoms with van der Waals surface area (Å²) in [5.41, 5.74) is 18.4. The number of aliphatic hydroxyl groups is 1. The van der Waals surface area contributed by atoms with E-state index in [1.54, 1.807) is 0 Å². The van der Waals surface area contributed by atoms with Crippen LogP contribution >= 0.6 is 11.8 Å². The fraction of sp³-hybridized carbons (Fsp3) is 0.513. The number of aliphatic hydroxyl groups excluding tert-OH is 1. The molecule has 1 saturated heterocycles. The van der Waals surface area contributed by atoms with E-state index < -0.39 is 74.5 Å².